The number of carbonyl (C=O) groups excluding carboxylic acids is 1. The van der Waals surface area contributed by atoms with Crippen LogP contribution >= 0.6 is 0 Å². The lowest BCUT2D eigenvalue weighted by molar-refractivity contribution is 0.0698. The minimum absolute atomic E-state index is 0.00376. The molecule has 2 amide bonds. The number of hydrogen-bond donors (Lipinski definition) is 3. The molecule has 0 unspecified atom stereocenters. The van der Waals surface area contributed by atoms with E-state index in [2.05, 4.69) is 15.6 Å². The van der Waals surface area contributed by atoms with Crippen molar-refractivity contribution in [3.63, 3.8) is 0 Å². The van der Waals surface area contributed by atoms with E-state index >= 15 is 0 Å². The molecular formula is C11H15N3O3. The van der Waals surface area contributed by atoms with Crippen LogP contribution in [0.15, 0.2) is 18.5 Å². The monoisotopic (exact) mass is 237 g/mol. The molecule has 92 valence electrons. The standard InChI is InChI=1S/C11H15N3O3/c1-11(2,3)14-10(17)13-8-6-12-5-4-7(8)9(15)16/h4-6H,1-3H3,(H,15,16)(H2,13,14,17). The molecule has 3 N–H and O–H groups in total. The predicted molar refractivity (Wildman–Crippen MR) is 63.1 cm³/mol. The van der Waals surface area contributed by atoms with Gasteiger partial charge in [0.15, 0.2) is 0 Å². The average Bonchev–Trinajstić information content (AvgIpc) is 2.14. The molecular weight excluding hydrogens is 222 g/mol. The van der Waals surface area contributed by atoms with Crippen LogP contribution in [0, 0.1) is 0 Å². The molecule has 0 spiro atoms. The van der Waals surface area contributed by atoms with Crippen LogP contribution < -0.4 is 10.6 Å². The maximum absolute atomic E-state index is 11.6. The number of aromatic carboxylic acids is 1. The van der Waals surface area contributed by atoms with E-state index in [9.17, 15) is 9.59 Å². The molecule has 0 bridgehead atoms. The Morgan fingerprint density at radius 3 is 2.53 bits per heavy atom. The van der Waals surface area contributed by atoms with E-state index < -0.39 is 17.5 Å². The zero-order valence-electron chi connectivity index (χ0n) is 9.94. The number of anilines is 1. The number of pyridine rings is 1. The van der Waals surface area contributed by atoms with Crippen molar-refractivity contribution in [2.75, 3.05) is 5.32 Å². The Balaban J connectivity index is 2.82. The van der Waals surface area contributed by atoms with Gasteiger partial charge in [-0.3, -0.25) is 4.98 Å². The van der Waals surface area contributed by atoms with Crippen LogP contribution in [0.3, 0.4) is 0 Å². The Kier molecular flexibility index (Phi) is 3.67. The van der Waals surface area contributed by atoms with Crippen LogP contribution in [0.25, 0.3) is 0 Å². The Bertz CT molecular complexity index is 438. The van der Waals surface area contributed by atoms with Crippen LogP contribution in [-0.2, 0) is 0 Å². The number of nitrogens with one attached hydrogen (secondary N) is 2. The zero-order valence-corrected chi connectivity index (χ0v) is 9.94. The summed E-state index contributed by atoms with van der Waals surface area (Å²) < 4.78 is 0. The first-order valence-electron chi connectivity index (χ1n) is 5.06. The fourth-order valence-corrected chi connectivity index (χ4v) is 1.17. The number of amides is 2. The molecule has 1 aromatic rings. The fraction of sp³-hybridized carbons (Fsp3) is 0.364. The highest BCUT2D eigenvalue weighted by atomic mass is 16.4. The first-order valence-corrected chi connectivity index (χ1v) is 5.06. The van der Waals surface area contributed by atoms with Crippen molar-refractivity contribution in [2.24, 2.45) is 0 Å². The zero-order chi connectivity index (χ0) is 13.1. The van der Waals surface area contributed by atoms with E-state index in [0.29, 0.717) is 0 Å². The van der Waals surface area contributed by atoms with Crippen molar-refractivity contribution >= 4 is 17.7 Å². The van der Waals surface area contributed by atoms with Crippen LogP contribution in [0.2, 0.25) is 0 Å². The highest BCUT2D eigenvalue weighted by Crippen LogP contribution is 2.13. The summed E-state index contributed by atoms with van der Waals surface area (Å²) in [6, 6.07) is 0.864. The van der Waals surface area contributed by atoms with Gasteiger partial charge in [-0.15, -0.1) is 0 Å². The smallest absolute Gasteiger partial charge is 0.337 e. The van der Waals surface area contributed by atoms with E-state index in [1.165, 1.54) is 18.5 Å². The van der Waals surface area contributed by atoms with Crippen molar-refractivity contribution in [3.05, 3.63) is 24.0 Å². The van der Waals surface area contributed by atoms with Gasteiger partial charge in [0.25, 0.3) is 0 Å². The normalized spacial score (nSPS) is 10.8. The molecule has 1 rings (SSSR count). The highest BCUT2D eigenvalue weighted by molar-refractivity contribution is 5.99. The molecule has 0 atom stereocenters. The molecule has 1 heterocycles. The number of carboxylic acids is 1. The molecule has 0 aromatic carbocycles. The van der Waals surface area contributed by atoms with E-state index in [4.69, 9.17) is 5.11 Å². The SMILES string of the molecule is CC(C)(C)NC(=O)Nc1cnccc1C(=O)O. The highest BCUT2D eigenvalue weighted by Gasteiger charge is 2.16. The number of rotatable bonds is 2. The number of carbonyl (C=O) groups is 2. The quantitative estimate of drug-likeness (QED) is 0.730. The summed E-state index contributed by atoms with van der Waals surface area (Å²) in [4.78, 5) is 26.2. The minimum Gasteiger partial charge on any atom is -0.478 e. The molecule has 0 radical (unpaired) electrons. The third-order valence-corrected chi connectivity index (χ3v) is 1.79. The molecule has 0 aliphatic heterocycles. The van der Waals surface area contributed by atoms with Gasteiger partial charge in [0.1, 0.15) is 0 Å². The molecule has 0 saturated heterocycles. The first-order chi connectivity index (χ1) is 7.79. The van der Waals surface area contributed by atoms with Crippen molar-refractivity contribution in [3.8, 4) is 0 Å². The Morgan fingerprint density at radius 1 is 1.35 bits per heavy atom. The van der Waals surface area contributed by atoms with E-state index in [0.717, 1.165) is 0 Å². The number of hydrogen-bond acceptors (Lipinski definition) is 3. The second kappa shape index (κ2) is 4.82. The lowest BCUT2D eigenvalue weighted by atomic mass is 10.1. The molecule has 6 heteroatoms. The molecule has 1 aromatic heterocycles. The van der Waals surface area contributed by atoms with E-state index in [1.807, 2.05) is 20.8 Å². The van der Waals surface area contributed by atoms with Crippen LogP contribution in [0.5, 0.6) is 0 Å². The topological polar surface area (TPSA) is 91.3 Å². The Labute approximate surface area is 99.1 Å². The largest absolute Gasteiger partial charge is 0.478 e. The lowest BCUT2D eigenvalue weighted by Crippen LogP contribution is -2.43. The summed E-state index contributed by atoms with van der Waals surface area (Å²) in [5.41, 5.74) is -0.221. The lowest BCUT2D eigenvalue weighted by Gasteiger charge is -2.21. The fourth-order valence-electron chi connectivity index (χ4n) is 1.17. The first kappa shape index (κ1) is 13.0. The third kappa shape index (κ3) is 4.10. The van der Waals surface area contributed by atoms with Crippen LogP contribution in [-0.4, -0.2) is 27.6 Å². The summed E-state index contributed by atoms with van der Waals surface area (Å²) in [6.07, 6.45) is 2.65. The van der Waals surface area contributed by atoms with Gasteiger partial charge in [0, 0.05) is 11.7 Å². The van der Waals surface area contributed by atoms with Gasteiger partial charge in [-0.2, -0.15) is 0 Å². The van der Waals surface area contributed by atoms with Gasteiger partial charge in [0.2, 0.25) is 0 Å². The molecule has 0 aliphatic rings. The number of aromatic nitrogens is 1. The molecule has 0 saturated carbocycles. The van der Waals surface area contributed by atoms with Crippen molar-refractivity contribution in [1.82, 2.24) is 10.3 Å². The van der Waals surface area contributed by atoms with E-state index in [-0.39, 0.29) is 11.3 Å². The van der Waals surface area contributed by atoms with Gasteiger partial charge < -0.3 is 15.7 Å². The van der Waals surface area contributed by atoms with Gasteiger partial charge >= 0.3 is 12.0 Å². The van der Waals surface area contributed by atoms with Gasteiger partial charge in [-0.05, 0) is 26.8 Å². The predicted octanol–water partition coefficient (Wildman–Crippen LogP) is 1.70. The molecule has 17 heavy (non-hydrogen) atoms. The molecule has 0 fully saturated rings. The maximum atomic E-state index is 11.6. The van der Waals surface area contributed by atoms with Crippen LogP contribution in [0.4, 0.5) is 10.5 Å². The number of nitrogens with zero attached hydrogens (tertiary/aromatic N) is 1. The summed E-state index contributed by atoms with van der Waals surface area (Å²) >= 11 is 0. The second-order valence-corrected chi connectivity index (χ2v) is 4.56. The molecule has 6 nitrogen and oxygen atoms in total. The summed E-state index contributed by atoms with van der Waals surface area (Å²) in [7, 11) is 0. The summed E-state index contributed by atoms with van der Waals surface area (Å²) in [5.74, 6) is -1.11. The summed E-state index contributed by atoms with van der Waals surface area (Å²) in [6.45, 7) is 5.48. The van der Waals surface area contributed by atoms with Gasteiger partial charge in [0.05, 0.1) is 17.4 Å². The Hall–Kier alpha value is -2.11. The van der Waals surface area contributed by atoms with Crippen LogP contribution in [0.1, 0.15) is 31.1 Å². The third-order valence-electron chi connectivity index (χ3n) is 1.79. The van der Waals surface area contributed by atoms with Gasteiger partial charge in [-0.25, -0.2) is 9.59 Å². The maximum Gasteiger partial charge on any atom is 0.337 e. The molecule has 0 aliphatic carbocycles. The van der Waals surface area contributed by atoms with Crippen molar-refractivity contribution < 1.29 is 14.7 Å². The Morgan fingerprint density at radius 2 is 2.00 bits per heavy atom. The van der Waals surface area contributed by atoms with E-state index in [1.54, 1.807) is 0 Å². The second-order valence-electron chi connectivity index (χ2n) is 4.56. The minimum atomic E-state index is -1.11. The summed E-state index contributed by atoms with van der Waals surface area (Å²) in [5, 5.41) is 14.0. The van der Waals surface area contributed by atoms with Crippen molar-refractivity contribution in [2.45, 2.75) is 26.3 Å². The number of carboxylic acid groups (broad SMARTS) is 1. The van der Waals surface area contributed by atoms with Crippen molar-refractivity contribution in [1.29, 1.82) is 0 Å². The number of urea groups is 1. The van der Waals surface area contributed by atoms with Gasteiger partial charge in [-0.1, -0.05) is 0 Å². The average molecular weight is 237 g/mol.